The standard InChI is InChI=1S/C26H32BrN3O/c1-19(23-14-22(27)15-24-25(23)28-18-30(24)16-20-8-9-20)31-17-26(10-12-29(2)13-11-26)21-6-4-3-5-7-21/h3-7,14-15,18-20H,8-13,16-17H2,1-2H3/t19-/m0/s1. The van der Waals surface area contributed by atoms with Crippen LogP contribution in [0.1, 0.15) is 49.8 Å². The SMILES string of the molecule is C[C@H](OCC1(c2ccccc2)CCN(C)CC1)c1cc(Br)cc2c1ncn2CC1CC1. The number of piperidine rings is 1. The van der Waals surface area contributed by atoms with Crippen molar-refractivity contribution in [1.29, 1.82) is 0 Å². The van der Waals surface area contributed by atoms with Crippen molar-refractivity contribution in [1.82, 2.24) is 14.5 Å². The number of aromatic nitrogens is 2. The zero-order valence-electron chi connectivity index (χ0n) is 18.6. The first kappa shape index (κ1) is 21.2. The number of hydrogen-bond acceptors (Lipinski definition) is 3. The predicted molar refractivity (Wildman–Crippen MR) is 129 cm³/mol. The van der Waals surface area contributed by atoms with E-state index in [0.29, 0.717) is 0 Å². The first-order valence-corrected chi connectivity index (χ1v) is 12.3. The van der Waals surface area contributed by atoms with Crippen LogP contribution in [0, 0.1) is 5.92 Å². The lowest BCUT2D eigenvalue weighted by atomic mass is 9.73. The van der Waals surface area contributed by atoms with Crippen LogP contribution in [0.25, 0.3) is 11.0 Å². The lowest BCUT2D eigenvalue weighted by Gasteiger charge is -2.41. The highest BCUT2D eigenvalue weighted by molar-refractivity contribution is 9.10. The smallest absolute Gasteiger partial charge is 0.0958 e. The van der Waals surface area contributed by atoms with Crippen molar-refractivity contribution in [2.24, 2.45) is 5.92 Å². The fraction of sp³-hybridized carbons (Fsp3) is 0.500. The molecule has 3 aromatic rings. The molecule has 1 atom stereocenters. The molecule has 1 saturated heterocycles. The van der Waals surface area contributed by atoms with Gasteiger partial charge in [0.25, 0.3) is 0 Å². The molecule has 0 unspecified atom stereocenters. The average Bonchev–Trinajstić information content (AvgIpc) is 3.52. The van der Waals surface area contributed by atoms with Gasteiger partial charge in [-0.15, -0.1) is 0 Å². The van der Waals surface area contributed by atoms with Crippen molar-refractivity contribution < 1.29 is 4.74 Å². The Labute approximate surface area is 193 Å². The summed E-state index contributed by atoms with van der Waals surface area (Å²) in [5.41, 5.74) is 4.95. The average molecular weight is 482 g/mol. The number of benzene rings is 2. The van der Waals surface area contributed by atoms with Crippen LogP contribution in [0.15, 0.2) is 53.3 Å². The predicted octanol–water partition coefficient (Wildman–Crippen LogP) is 5.95. The molecule has 1 aliphatic heterocycles. The van der Waals surface area contributed by atoms with Crippen LogP contribution in [-0.2, 0) is 16.7 Å². The van der Waals surface area contributed by atoms with Crippen LogP contribution in [0.2, 0.25) is 0 Å². The van der Waals surface area contributed by atoms with Gasteiger partial charge in [-0.25, -0.2) is 4.98 Å². The van der Waals surface area contributed by atoms with E-state index in [1.807, 2.05) is 6.33 Å². The molecule has 0 bridgehead atoms. The Morgan fingerprint density at radius 3 is 2.61 bits per heavy atom. The molecule has 0 radical (unpaired) electrons. The third kappa shape index (κ3) is 4.46. The van der Waals surface area contributed by atoms with Crippen molar-refractivity contribution in [2.45, 2.75) is 50.7 Å². The number of likely N-dealkylation sites (tertiary alicyclic amines) is 1. The zero-order chi connectivity index (χ0) is 21.4. The van der Waals surface area contributed by atoms with E-state index in [-0.39, 0.29) is 11.5 Å². The first-order valence-electron chi connectivity index (χ1n) is 11.5. The van der Waals surface area contributed by atoms with Gasteiger partial charge in [-0.3, -0.25) is 0 Å². The minimum absolute atomic E-state index is 0.00971. The largest absolute Gasteiger partial charge is 0.373 e. The summed E-state index contributed by atoms with van der Waals surface area (Å²) < 4.78 is 10.1. The number of halogens is 1. The Balaban J connectivity index is 1.39. The lowest BCUT2D eigenvalue weighted by molar-refractivity contribution is 0.00697. The summed E-state index contributed by atoms with van der Waals surface area (Å²) in [6.45, 7) is 6.21. The number of hydrogen-bond donors (Lipinski definition) is 0. The van der Waals surface area contributed by atoms with Gasteiger partial charge in [0, 0.05) is 22.0 Å². The Kier molecular flexibility index (Phi) is 5.93. The van der Waals surface area contributed by atoms with Gasteiger partial charge in [-0.05, 0) is 76.4 Å². The second kappa shape index (κ2) is 8.68. The second-order valence-corrected chi connectivity index (χ2v) is 10.5. The van der Waals surface area contributed by atoms with Crippen molar-refractivity contribution in [2.75, 3.05) is 26.7 Å². The van der Waals surface area contributed by atoms with E-state index < -0.39 is 0 Å². The van der Waals surface area contributed by atoms with E-state index in [4.69, 9.17) is 9.72 Å². The van der Waals surface area contributed by atoms with Gasteiger partial charge in [0.05, 0.1) is 30.1 Å². The summed E-state index contributed by atoms with van der Waals surface area (Å²) in [6, 6.07) is 15.3. The maximum atomic E-state index is 6.64. The van der Waals surface area contributed by atoms with Crippen molar-refractivity contribution >= 4 is 27.0 Å². The Bertz CT molecular complexity index is 1040. The van der Waals surface area contributed by atoms with Gasteiger partial charge >= 0.3 is 0 Å². The molecular weight excluding hydrogens is 450 g/mol. The second-order valence-electron chi connectivity index (χ2n) is 9.61. The minimum atomic E-state index is -0.00971. The van der Waals surface area contributed by atoms with Crippen LogP contribution >= 0.6 is 15.9 Å². The Morgan fingerprint density at radius 2 is 1.90 bits per heavy atom. The summed E-state index contributed by atoms with van der Waals surface area (Å²) >= 11 is 3.73. The molecule has 31 heavy (non-hydrogen) atoms. The summed E-state index contributed by atoms with van der Waals surface area (Å²) in [7, 11) is 2.22. The number of nitrogens with zero attached hydrogens (tertiary/aromatic N) is 3. The highest BCUT2D eigenvalue weighted by Crippen LogP contribution is 2.38. The lowest BCUT2D eigenvalue weighted by Crippen LogP contribution is -2.44. The quantitative estimate of drug-likeness (QED) is 0.417. The molecule has 2 heterocycles. The molecule has 0 N–H and O–H groups in total. The van der Waals surface area contributed by atoms with Crippen molar-refractivity contribution in [3.8, 4) is 0 Å². The molecule has 1 aliphatic carbocycles. The molecule has 2 fully saturated rings. The number of imidazole rings is 1. The van der Waals surface area contributed by atoms with E-state index in [9.17, 15) is 0 Å². The highest BCUT2D eigenvalue weighted by Gasteiger charge is 2.36. The van der Waals surface area contributed by atoms with Gasteiger partial charge in [-0.1, -0.05) is 46.3 Å². The molecule has 5 heteroatoms. The molecule has 0 amide bonds. The van der Waals surface area contributed by atoms with Gasteiger partial charge in [-0.2, -0.15) is 0 Å². The molecular formula is C26H32BrN3O. The molecule has 1 aromatic heterocycles. The molecule has 5 rings (SSSR count). The van der Waals surface area contributed by atoms with E-state index in [1.165, 1.54) is 29.5 Å². The van der Waals surface area contributed by atoms with Gasteiger partial charge in [0.2, 0.25) is 0 Å². The van der Waals surface area contributed by atoms with Crippen LogP contribution < -0.4 is 0 Å². The molecule has 164 valence electrons. The van der Waals surface area contributed by atoms with Gasteiger partial charge in [0.15, 0.2) is 0 Å². The normalized spacial score (nSPS) is 20.2. The number of fused-ring (bicyclic) bond motifs is 1. The maximum absolute atomic E-state index is 6.64. The van der Waals surface area contributed by atoms with E-state index in [2.05, 4.69) is 81.8 Å². The highest BCUT2D eigenvalue weighted by atomic mass is 79.9. The Hall–Kier alpha value is -1.69. The minimum Gasteiger partial charge on any atom is -0.373 e. The van der Waals surface area contributed by atoms with E-state index in [0.717, 1.165) is 55.0 Å². The fourth-order valence-electron chi connectivity index (χ4n) is 4.92. The van der Waals surface area contributed by atoms with E-state index >= 15 is 0 Å². The first-order chi connectivity index (χ1) is 15.0. The third-order valence-electron chi connectivity index (χ3n) is 7.25. The third-order valence-corrected chi connectivity index (χ3v) is 7.71. The van der Waals surface area contributed by atoms with Crippen LogP contribution in [0.5, 0.6) is 0 Å². The van der Waals surface area contributed by atoms with Crippen molar-refractivity contribution in [3.05, 3.63) is 64.4 Å². The fourth-order valence-corrected chi connectivity index (χ4v) is 5.38. The molecule has 0 spiro atoms. The van der Waals surface area contributed by atoms with Crippen LogP contribution in [0.4, 0.5) is 0 Å². The summed E-state index contributed by atoms with van der Waals surface area (Å²) in [5, 5.41) is 0. The van der Waals surface area contributed by atoms with Gasteiger partial charge in [0.1, 0.15) is 0 Å². The Morgan fingerprint density at radius 1 is 1.16 bits per heavy atom. The number of ether oxygens (including phenoxy) is 1. The summed E-state index contributed by atoms with van der Waals surface area (Å²) in [6.07, 6.45) is 6.94. The topological polar surface area (TPSA) is 30.3 Å². The molecule has 2 aromatic carbocycles. The van der Waals surface area contributed by atoms with Crippen LogP contribution in [-0.4, -0.2) is 41.2 Å². The van der Waals surface area contributed by atoms with Crippen molar-refractivity contribution in [3.63, 3.8) is 0 Å². The molecule has 2 aliphatic rings. The van der Waals surface area contributed by atoms with Crippen LogP contribution in [0.3, 0.4) is 0 Å². The van der Waals surface area contributed by atoms with Gasteiger partial charge < -0.3 is 14.2 Å². The summed E-state index contributed by atoms with van der Waals surface area (Å²) in [4.78, 5) is 7.22. The number of rotatable bonds is 7. The molecule has 4 nitrogen and oxygen atoms in total. The maximum Gasteiger partial charge on any atom is 0.0958 e. The van der Waals surface area contributed by atoms with E-state index in [1.54, 1.807) is 0 Å². The molecule has 1 saturated carbocycles. The monoisotopic (exact) mass is 481 g/mol. The zero-order valence-corrected chi connectivity index (χ0v) is 20.1. The summed E-state index contributed by atoms with van der Waals surface area (Å²) in [5.74, 6) is 0.823.